The Kier molecular flexibility index (Phi) is 5.98. The van der Waals surface area contributed by atoms with Gasteiger partial charge in [0, 0.05) is 24.2 Å². The maximum Gasteiger partial charge on any atom is 0.301 e. The summed E-state index contributed by atoms with van der Waals surface area (Å²) in [5.41, 5.74) is 6.30. The lowest BCUT2D eigenvalue weighted by Gasteiger charge is -2.26. The summed E-state index contributed by atoms with van der Waals surface area (Å²) in [5, 5.41) is 0. The second-order valence-corrected chi connectivity index (χ2v) is 9.25. The van der Waals surface area contributed by atoms with Crippen molar-refractivity contribution >= 4 is 17.0 Å². The summed E-state index contributed by atoms with van der Waals surface area (Å²) in [6, 6.07) is 23.9. The molecule has 0 amide bonds. The van der Waals surface area contributed by atoms with Gasteiger partial charge in [0.2, 0.25) is 0 Å². The molecule has 7 nitrogen and oxygen atoms in total. The lowest BCUT2D eigenvalue weighted by Crippen LogP contribution is -2.37. The first-order valence-electron chi connectivity index (χ1n) is 12.4. The first-order valence-corrected chi connectivity index (χ1v) is 12.4. The van der Waals surface area contributed by atoms with E-state index >= 15 is 0 Å². The fraction of sp³-hybridized carbons (Fsp3) is 0.200. The van der Waals surface area contributed by atoms with Gasteiger partial charge in [0.05, 0.1) is 29.9 Å². The molecule has 3 aromatic carbocycles. The normalized spacial score (nSPS) is 13.7. The maximum atomic E-state index is 13.8. The van der Waals surface area contributed by atoms with E-state index in [1.165, 1.54) is 0 Å². The van der Waals surface area contributed by atoms with Crippen LogP contribution in [0.15, 0.2) is 82.0 Å². The van der Waals surface area contributed by atoms with Crippen LogP contribution in [-0.2, 0) is 4.74 Å². The fourth-order valence-electron chi connectivity index (χ4n) is 4.50. The van der Waals surface area contributed by atoms with Gasteiger partial charge < -0.3 is 14.1 Å². The fourth-order valence-corrected chi connectivity index (χ4v) is 4.50. The van der Waals surface area contributed by atoms with Crippen LogP contribution in [0.5, 0.6) is 0 Å². The van der Waals surface area contributed by atoms with Crippen molar-refractivity contribution in [1.29, 1.82) is 0 Å². The van der Waals surface area contributed by atoms with Crippen molar-refractivity contribution in [3.05, 3.63) is 94.3 Å². The van der Waals surface area contributed by atoms with E-state index < -0.39 is 5.56 Å². The van der Waals surface area contributed by atoms with E-state index in [1.807, 2.05) is 91.5 Å². The summed E-state index contributed by atoms with van der Waals surface area (Å²) in [5.74, 6) is 0.430. The lowest BCUT2D eigenvalue weighted by molar-refractivity contribution is 0.120. The summed E-state index contributed by atoms with van der Waals surface area (Å²) < 4.78 is 11.9. The summed E-state index contributed by atoms with van der Waals surface area (Å²) in [7, 11) is 0. The van der Waals surface area contributed by atoms with Crippen molar-refractivity contribution in [3.8, 4) is 33.8 Å². The van der Waals surface area contributed by atoms with Crippen molar-refractivity contribution in [1.82, 2.24) is 15.0 Å². The molecule has 1 aliphatic heterocycles. The zero-order valence-corrected chi connectivity index (χ0v) is 20.8. The third kappa shape index (κ3) is 4.49. The van der Waals surface area contributed by atoms with Crippen LogP contribution in [0.4, 0.5) is 6.01 Å². The Bertz CT molecular complexity index is 1640. The Morgan fingerprint density at radius 3 is 1.89 bits per heavy atom. The second kappa shape index (κ2) is 9.59. The van der Waals surface area contributed by atoms with E-state index in [-0.39, 0.29) is 0 Å². The van der Waals surface area contributed by atoms with Crippen LogP contribution in [0.1, 0.15) is 11.1 Å². The summed E-state index contributed by atoms with van der Waals surface area (Å²) in [4.78, 5) is 30.1. The number of morpholine rings is 1. The third-order valence-electron chi connectivity index (χ3n) is 6.56. The minimum absolute atomic E-state index is 0.290. The van der Waals surface area contributed by atoms with Gasteiger partial charge in [-0.05, 0) is 26.0 Å². The number of para-hydroxylation sites is 2. The van der Waals surface area contributed by atoms with Gasteiger partial charge in [0.1, 0.15) is 11.3 Å². The predicted molar refractivity (Wildman–Crippen MR) is 145 cm³/mol. The van der Waals surface area contributed by atoms with Crippen LogP contribution < -0.4 is 10.5 Å². The Morgan fingerprint density at radius 1 is 0.703 bits per heavy atom. The number of hydrogen-bond acceptors (Lipinski definition) is 7. The van der Waals surface area contributed by atoms with Crippen LogP contribution in [-0.4, -0.2) is 41.3 Å². The average molecular weight is 491 g/mol. The van der Waals surface area contributed by atoms with Gasteiger partial charge >= 0.3 is 6.01 Å². The number of benzene rings is 3. The van der Waals surface area contributed by atoms with Crippen LogP contribution in [0.25, 0.3) is 44.9 Å². The molecule has 184 valence electrons. The van der Waals surface area contributed by atoms with E-state index in [4.69, 9.17) is 19.1 Å². The molecule has 1 aliphatic rings. The van der Waals surface area contributed by atoms with Crippen LogP contribution in [0.3, 0.4) is 0 Å². The van der Waals surface area contributed by atoms with Gasteiger partial charge in [0.15, 0.2) is 5.76 Å². The Labute approximate surface area is 214 Å². The van der Waals surface area contributed by atoms with Crippen molar-refractivity contribution < 1.29 is 9.15 Å². The Hall–Kier alpha value is -4.36. The van der Waals surface area contributed by atoms with E-state index in [9.17, 15) is 4.79 Å². The van der Waals surface area contributed by atoms with Gasteiger partial charge in [-0.2, -0.15) is 4.98 Å². The minimum Gasteiger partial charge on any atom is -0.424 e. The highest BCUT2D eigenvalue weighted by atomic mass is 16.5. The molecular formula is C30H26N4O3. The van der Waals surface area contributed by atoms with Gasteiger partial charge in [-0.15, -0.1) is 0 Å². The average Bonchev–Trinajstić information content (AvgIpc) is 2.93. The van der Waals surface area contributed by atoms with Gasteiger partial charge in [0.25, 0.3) is 5.56 Å². The smallest absolute Gasteiger partial charge is 0.301 e. The number of fused-ring (bicyclic) bond motifs is 1. The number of hydrogen-bond donors (Lipinski definition) is 0. The number of nitrogens with zero attached hydrogens (tertiary/aromatic N) is 4. The highest BCUT2D eigenvalue weighted by Gasteiger charge is 2.26. The van der Waals surface area contributed by atoms with Crippen molar-refractivity contribution in [2.45, 2.75) is 13.8 Å². The van der Waals surface area contributed by atoms with E-state index in [0.29, 0.717) is 60.5 Å². The van der Waals surface area contributed by atoms with Crippen molar-refractivity contribution in [3.63, 3.8) is 0 Å². The quantitative estimate of drug-likeness (QED) is 0.332. The van der Waals surface area contributed by atoms with E-state index in [1.54, 1.807) is 0 Å². The van der Waals surface area contributed by atoms with Crippen LogP contribution >= 0.6 is 0 Å². The van der Waals surface area contributed by atoms with Gasteiger partial charge in [-0.3, -0.25) is 4.79 Å². The molecule has 0 bridgehead atoms. The molecule has 0 unspecified atom stereocenters. The molecule has 0 aliphatic carbocycles. The van der Waals surface area contributed by atoms with Crippen LogP contribution in [0.2, 0.25) is 0 Å². The Morgan fingerprint density at radius 2 is 1.27 bits per heavy atom. The second-order valence-electron chi connectivity index (χ2n) is 9.25. The largest absolute Gasteiger partial charge is 0.424 e. The summed E-state index contributed by atoms with van der Waals surface area (Å²) in [6.45, 7) is 6.38. The molecule has 0 atom stereocenters. The molecule has 37 heavy (non-hydrogen) atoms. The molecule has 0 N–H and O–H groups in total. The monoisotopic (exact) mass is 490 g/mol. The highest BCUT2D eigenvalue weighted by molar-refractivity contribution is 5.90. The molecule has 7 heteroatoms. The van der Waals surface area contributed by atoms with Crippen LogP contribution in [0, 0.1) is 13.8 Å². The number of ether oxygens (including phenoxy) is 1. The first-order chi connectivity index (χ1) is 18.1. The maximum absolute atomic E-state index is 13.8. The number of anilines is 1. The molecule has 3 heterocycles. The van der Waals surface area contributed by atoms with Crippen molar-refractivity contribution in [2.75, 3.05) is 31.2 Å². The zero-order valence-electron chi connectivity index (χ0n) is 20.8. The topological polar surface area (TPSA) is 81.3 Å². The van der Waals surface area contributed by atoms with Gasteiger partial charge in [-0.1, -0.05) is 71.8 Å². The lowest BCUT2D eigenvalue weighted by atomic mass is 9.99. The molecule has 0 saturated carbocycles. The SMILES string of the molecule is Cc1ccc(-c2nc3ccccc3nc2-c2c(-c3ccc(C)cc3)oc(N3CCOCC3)nc2=O)cc1. The standard InChI is InChI=1S/C30H26N4O3/c1-19-7-11-21(12-8-19)26-27(32-24-6-4-3-5-23(24)31-26)25-28(22-13-9-20(2)10-14-22)37-30(33-29(25)35)34-15-17-36-18-16-34/h3-14H,15-18H2,1-2H3. The molecule has 6 rings (SSSR count). The molecule has 0 spiro atoms. The number of rotatable bonds is 4. The van der Waals surface area contributed by atoms with E-state index in [0.717, 1.165) is 27.8 Å². The van der Waals surface area contributed by atoms with Crippen molar-refractivity contribution in [2.24, 2.45) is 0 Å². The molecule has 5 aromatic rings. The van der Waals surface area contributed by atoms with Gasteiger partial charge in [-0.25, -0.2) is 9.97 Å². The first kappa shape index (κ1) is 23.1. The minimum atomic E-state index is -0.402. The number of aromatic nitrogens is 3. The number of aryl methyl sites for hydroxylation is 2. The molecule has 2 aromatic heterocycles. The summed E-state index contributed by atoms with van der Waals surface area (Å²) in [6.07, 6.45) is 0. The zero-order chi connectivity index (χ0) is 25.4. The van der Waals surface area contributed by atoms with E-state index in [2.05, 4.69) is 4.98 Å². The highest BCUT2D eigenvalue weighted by Crippen LogP contribution is 2.36. The Balaban J connectivity index is 1.65. The third-order valence-corrected chi connectivity index (χ3v) is 6.56. The molecular weight excluding hydrogens is 464 g/mol. The molecule has 1 fully saturated rings. The summed E-state index contributed by atoms with van der Waals surface area (Å²) >= 11 is 0. The molecule has 0 radical (unpaired) electrons. The molecule has 1 saturated heterocycles. The predicted octanol–water partition coefficient (Wildman–Crippen LogP) is 5.43.